The topological polar surface area (TPSA) is 29.1 Å². The maximum absolute atomic E-state index is 11.1. The third kappa shape index (κ3) is 9.60. The maximum Gasteiger partial charge on any atom is 0.220 e. The molecule has 118 valence electrons. The van der Waals surface area contributed by atoms with Crippen LogP contribution in [-0.2, 0) is 4.79 Å². The summed E-state index contributed by atoms with van der Waals surface area (Å²) in [6, 6.07) is 10.4. The molecule has 20 heavy (non-hydrogen) atoms. The minimum Gasteiger partial charge on any atom is -0.349 e. The first-order valence-electron chi connectivity index (χ1n) is 7.70. The van der Waals surface area contributed by atoms with Crippen molar-refractivity contribution in [1.29, 1.82) is 0 Å². The molecule has 2 nitrogen and oxygen atoms in total. The minimum absolute atomic E-state index is 0. The Hall–Kier alpha value is -1.31. The highest BCUT2D eigenvalue weighted by Gasteiger charge is 2.18. The molecule has 1 saturated heterocycles. The smallest absolute Gasteiger partial charge is 0.220 e. The van der Waals surface area contributed by atoms with Crippen LogP contribution >= 0.6 is 0 Å². The molecule has 0 saturated carbocycles. The number of carbonyl (C=O) groups excluding carboxylic acids is 1. The number of carbonyl (C=O) groups is 1. The molecular weight excluding hydrogens is 246 g/mol. The van der Waals surface area contributed by atoms with Crippen molar-refractivity contribution in [3.63, 3.8) is 0 Å². The van der Waals surface area contributed by atoms with Crippen molar-refractivity contribution in [2.24, 2.45) is 0 Å². The van der Waals surface area contributed by atoms with Gasteiger partial charge in [0.1, 0.15) is 0 Å². The third-order valence-electron chi connectivity index (χ3n) is 2.43. The monoisotopic (exact) mass is 281 g/mol. The van der Waals surface area contributed by atoms with Crippen LogP contribution in [0.2, 0.25) is 0 Å². The van der Waals surface area contributed by atoms with E-state index in [0.717, 1.165) is 12.8 Å². The van der Waals surface area contributed by atoms with Crippen molar-refractivity contribution in [3.8, 4) is 0 Å². The zero-order valence-electron chi connectivity index (χ0n) is 13.5. The van der Waals surface area contributed by atoms with E-state index in [9.17, 15) is 4.79 Å². The molecule has 1 amide bonds. The SMILES string of the molecule is C.CC.CC.CC.O=C1CCCC(c2ccccc2)N1. The minimum atomic E-state index is 0. The Morgan fingerprint density at radius 2 is 1.45 bits per heavy atom. The maximum atomic E-state index is 11.1. The van der Waals surface area contributed by atoms with Crippen LogP contribution in [0.4, 0.5) is 0 Å². The van der Waals surface area contributed by atoms with Gasteiger partial charge < -0.3 is 5.32 Å². The van der Waals surface area contributed by atoms with Crippen LogP contribution in [-0.4, -0.2) is 5.91 Å². The first-order chi connectivity index (χ1) is 9.36. The van der Waals surface area contributed by atoms with Crippen molar-refractivity contribution in [2.75, 3.05) is 0 Å². The fraction of sp³-hybridized carbons (Fsp3) is 0.611. The number of amides is 1. The molecule has 1 aromatic carbocycles. The molecule has 0 spiro atoms. The van der Waals surface area contributed by atoms with Gasteiger partial charge in [-0.25, -0.2) is 0 Å². The van der Waals surface area contributed by atoms with E-state index >= 15 is 0 Å². The van der Waals surface area contributed by atoms with Crippen LogP contribution < -0.4 is 5.32 Å². The summed E-state index contributed by atoms with van der Waals surface area (Å²) in [4.78, 5) is 11.1. The molecule has 0 bridgehead atoms. The van der Waals surface area contributed by atoms with Gasteiger partial charge in [-0.15, -0.1) is 0 Å². The molecule has 2 rings (SSSR count). The quantitative estimate of drug-likeness (QED) is 0.698. The Bertz CT molecular complexity index is 296. The van der Waals surface area contributed by atoms with Crippen LogP contribution in [0.3, 0.4) is 0 Å². The van der Waals surface area contributed by atoms with Crippen LogP contribution in [0, 0.1) is 0 Å². The molecule has 1 aliphatic rings. The van der Waals surface area contributed by atoms with E-state index in [1.807, 2.05) is 59.7 Å². The Labute approximate surface area is 127 Å². The lowest BCUT2D eigenvalue weighted by Crippen LogP contribution is -2.32. The molecule has 0 aromatic heterocycles. The van der Waals surface area contributed by atoms with Gasteiger partial charge in [0.05, 0.1) is 6.04 Å². The van der Waals surface area contributed by atoms with Gasteiger partial charge >= 0.3 is 0 Å². The molecule has 1 unspecified atom stereocenters. The summed E-state index contributed by atoms with van der Waals surface area (Å²) < 4.78 is 0. The fourth-order valence-corrected chi connectivity index (χ4v) is 1.74. The number of rotatable bonds is 1. The highest BCUT2D eigenvalue weighted by molar-refractivity contribution is 5.77. The van der Waals surface area contributed by atoms with Gasteiger partial charge in [-0.3, -0.25) is 4.79 Å². The van der Waals surface area contributed by atoms with Gasteiger partial charge in [-0.2, -0.15) is 0 Å². The van der Waals surface area contributed by atoms with Crippen molar-refractivity contribution >= 4 is 5.91 Å². The summed E-state index contributed by atoms with van der Waals surface area (Å²) in [5.74, 6) is 0.181. The summed E-state index contributed by atoms with van der Waals surface area (Å²) in [6.45, 7) is 12.0. The second kappa shape index (κ2) is 17.7. The largest absolute Gasteiger partial charge is 0.349 e. The molecule has 2 heteroatoms. The molecule has 1 fully saturated rings. The van der Waals surface area contributed by atoms with E-state index in [0.29, 0.717) is 6.42 Å². The Kier molecular flexibility index (Phi) is 21.0. The number of hydrogen-bond donors (Lipinski definition) is 1. The average Bonchev–Trinajstić information content (AvgIpc) is 2.54. The predicted molar refractivity (Wildman–Crippen MR) is 92.0 cm³/mol. The zero-order chi connectivity index (χ0) is 15.1. The van der Waals surface area contributed by atoms with E-state index in [4.69, 9.17) is 0 Å². The van der Waals surface area contributed by atoms with Crippen LogP contribution in [0.1, 0.15) is 79.8 Å². The summed E-state index contributed by atoms with van der Waals surface area (Å²) in [6.07, 6.45) is 2.75. The molecule has 0 aliphatic carbocycles. The number of nitrogens with one attached hydrogen (secondary N) is 1. The van der Waals surface area contributed by atoms with Crippen molar-refractivity contribution in [1.82, 2.24) is 5.32 Å². The van der Waals surface area contributed by atoms with Crippen molar-refractivity contribution < 1.29 is 4.79 Å². The molecule has 1 heterocycles. The van der Waals surface area contributed by atoms with Gasteiger partial charge in [-0.1, -0.05) is 79.3 Å². The van der Waals surface area contributed by atoms with Crippen LogP contribution in [0.25, 0.3) is 0 Å². The Morgan fingerprint density at radius 3 is 1.90 bits per heavy atom. The Morgan fingerprint density at radius 1 is 0.950 bits per heavy atom. The van der Waals surface area contributed by atoms with Crippen LogP contribution in [0.5, 0.6) is 0 Å². The lowest BCUT2D eigenvalue weighted by atomic mass is 9.97. The predicted octanol–water partition coefficient (Wildman–Crippen LogP) is 5.74. The van der Waals surface area contributed by atoms with Crippen molar-refractivity contribution in [2.45, 2.75) is 74.3 Å². The summed E-state index contributed by atoms with van der Waals surface area (Å²) in [5.41, 5.74) is 1.22. The summed E-state index contributed by atoms with van der Waals surface area (Å²) in [5, 5.41) is 2.99. The zero-order valence-corrected chi connectivity index (χ0v) is 13.5. The lowest BCUT2D eigenvalue weighted by molar-refractivity contribution is -0.123. The lowest BCUT2D eigenvalue weighted by Gasteiger charge is -2.23. The fourth-order valence-electron chi connectivity index (χ4n) is 1.74. The van der Waals surface area contributed by atoms with Gasteiger partial charge in [0.15, 0.2) is 0 Å². The Balaban J connectivity index is -0.000000368. The molecule has 1 aromatic rings. The van der Waals surface area contributed by atoms with Crippen molar-refractivity contribution in [3.05, 3.63) is 35.9 Å². The van der Waals surface area contributed by atoms with Gasteiger partial charge in [0.2, 0.25) is 5.91 Å². The van der Waals surface area contributed by atoms with E-state index in [1.54, 1.807) is 0 Å². The van der Waals surface area contributed by atoms with E-state index < -0.39 is 0 Å². The second-order valence-corrected chi connectivity index (χ2v) is 3.42. The highest BCUT2D eigenvalue weighted by atomic mass is 16.1. The average molecular weight is 281 g/mol. The highest BCUT2D eigenvalue weighted by Crippen LogP contribution is 2.22. The van der Waals surface area contributed by atoms with E-state index in [-0.39, 0.29) is 19.4 Å². The van der Waals surface area contributed by atoms with E-state index in [2.05, 4.69) is 17.4 Å². The van der Waals surface area contributed by atoms with Crippen LogP contribution in [0.15, 0.2) is 30.3 Å². The first kappa shape index (κ1) is 23.8. The standard InChI is InChI=1S/C11H13NO.3C2H6.CH4/c13-11-8-4-7-10(12-11)9-5-2-1-3-6-9;3*1-2;/h1-3,5-6,10H,4,7-8H2,(H,12,13);3*1-2H3;1H4. The molecule has 1 atom stereocenters. The summed E-state index contributed by atoms with van der Waals surface area (Å²) in [7, 11) is 0. The van der Waals surface area contributed by atoms with E-state index in [1.165, 1.54) is 5.56 Å². The first-order valence-corrected chi connectivity index (χ1v) is 7.70. The number of hydrogen-bond acceptors (Lipinski definition) is 1. The summed E-state index contributed by atoms with van der Waals surface area (Å²) >= 11 is 0. The molecule has 1 N–H and O–H groups in total. The normalized spacial score (nSPS) is 15.5. The number of piperidine rings is 1. The molecule has 0 radical (unpaired) electrons. The van der Waals surface area contributed by atoms with Gasteiger partial charge in [-0.05, 0) is 18.4 Å². The van der Waals surface area contributed by atoms with Gasteiger partial charge in [0.25, 0.3) is 0 Å². The van der Waals surface area contributed by atoms with Gasteiger partial charge in [0, 0.05) is 6.42 Å². The molecular formula is C18H35NO. The third-order valence-corrected chi connectivity index (χ3v) is 2.43. The number of benzene rings is 1. The second-order valence-electron chi connectivity index (χ2n) is 3.42. The molecule has 1 aliphatic heterocycles.